The smallest absolute Gasteiger partial charge is 0.232 e. The molecular formula is C13H19ClN4OS. The van der Waals surface area contributed by atoms with Gasteiger partial charge in [0, 0.05) is 5.38 Å². The molecule has 7 heteroatoms. The van der Waals surface area contributed by atoms with Crippen LogP contribution in [0.3, 0.4) is 0 Å². The normalized spacial score (nSPS) is 19.4. The van der Waals surface area contributed by atoms with Gasteiger partial charge in [-0.15, -0.1) is 23.7 Å². The van der Waals surface area contributed by atoms with Crippen LogP contribution in [0.1, 0.15) is 54.1 Å². The number of aryl methyl sites for hydroxylation is 1. The lowest BCUT2D eigenvalue weighted by Gasteiger charge is -2.09. The van der Waals surface area contributed by atoms with E-state index in [1.54, 1.807) is 11.3 Å². The molecule has 1 saturated heterocycles. The van der Waals surface area contributed by atoms with Crippen molar-refractivity contribution in [3.8, 4) is 0 Å². The Morgan fingerprint density at radius 1 is 1.35 bits per heavy atom. The van der Waals surface area contributed by atoms with E-state index in [1.807, 2.05) is 12.3 Å². The number of halogens is 1. The van der Waals surface area contributed by atoms with Crippen LogP contribution in [0.15, 0.2) is 9.90 Å². The summed E-state index contributed by atoms with van der Waals surface area (Å²) in [7, 11) is 0. The zero-order valence-corrected chi connectivity index (χ0v) is 13.1. The second-order valence-electron chi connectivity index (χ2n) is 4.94. The van der Waals surface area contributed by atoms with Gasteiger partial charge in [0.2, 0.25) is 5.89 Å². The van der Waals surface area contributed by atoms with Gasteiger partial charge in [0.15, 0.2) is 5.82 Å². The van der Waals surface area contributed by atoms with Gasteiger partial charge in [0.05, 0.1) is 23.2 Å². The van der Waals surface area contributed by atoms with E-state index in [-0.39, 0.29) is 18.4 Å². The quantitative estimate of drug-likeness (QED) is 0.943. The van der Waals surface area contributed by atoms with Crippen molar-refractivity contribution in [3.63, 3.8) is 0 Å². The summed E-state index contributed by atoms with van der Waals surface area (Å²) in [5.74, 6) is 1.45. The Bertz CT molecular complexity index is 534. The van der Waals surface area contributed by atoms with E-state index in [0.717, 1.165) is 29.5 Å². The van der Waals surface area contributed by atoms with Crippen molar-refractivity contribution >= 4 is 23.7 Å². The average molecular weight is 315 g/mol. The van der Waals surface area contributed by atoms with Crippen molar-refractivity contribution < 1.29 is 4.52 Å². The lowest BCUT2D eigenvalue weighted by atomic mass is 10.1. The number of nitrogens with zero attached hydrogens (tertiary/aromatic N) is 3. The molecule has 0 aliphatic carbocycles. The summed E-state index contributed by atoms with van der Waals surface area (Å²) in [5, 5.41) is 10.7. The maximum absolute atomic E-state index is 5.34. The van der Waals surface area contributed by atoms with Crippen LogP contribution in [-0.2, 0) is 6.42 Å². The van der Waals surface area contributed by atoms with Gasteiger partial charge in [-0.3, -0.25) is 0 Å². The van der Waals surface area contributed by atoms with E-state index < -0.39 is 0 Å². The van der Waals surface area contributed by atoms with Crippen molar-refractivity contribution in [3.05, 3.63) is 27.8 Å². The van der Waals surface area contributed by atoms with E-state index >= 15 is 0 Å². The molecule has 110 valence electrons. The van der Waals surface area contributed by atoms with E-state index in [0.29, 0.717) is 12.3 Å². The number of aromatic nitrogens is 3. The molecule has 5 nitrogen and oxygen atoms in total. The molecule has 2 aromatic rings. The molecule has 0 radical (unpaired) electrons. The lowest BCUT2D eigenvalue weighted by Crippen LogP contribution is -2.21. The fourth-order valence-corrected chi connectivity index (χ4v) is 2.99. The summed E-state index contributed by atoms with van der Waals surface area (Å²) in [6.45, 7) is 3.04. The van der Waals surface area contributed by atoms with Gasteiger partial charge in [-0.25, -0.2) is 4.98 Å². The molecule has 1 atom stereocenters. The molecule has 3 heterocycles. The van der Waals surface area contributed by atoms with Crippen LogP contribution in [0.5, 0.6) is 0 Å². The molecule has 1 aliphatic heterocycles. The molecule has 3 rings (SSSR count). The van der Waals surface area contributed by atoms with E-state index in [9.17, 15) is 0 Å². The van der Waals surface area contributed by atoms with Gasteiger partial charge in [-0.2, -0.15) is 4.98 Å². The number of nitrogens with one attached hydrogen (secondary N) is 1. The molecule has 1 fully saturated rings. The summed E-state index contributed by atoms with van der Waals surface area (Å²) in [5.41, 5.74) is 1.01. The molecule has 0 spiro atoms. The van der Waals surface area contributed by atoms with Crippen molar-refractivity contribution in [2.24, 2.45) is 0 Å². The molecule has 1 N–H and O–H groups in total. The van der Waals surface area contributed by atoms with Gasteiger partial charge < -0.3 is 9.84 Å². The Hall–Kier alpha value is -0.980. The number of hydrogen-bond donors (Lipinski definition) is 1. The van der Waals surface area contributed by atoms with Crippen molar-refractivity contribution in [2.45, 2.75) is 45.1 Å². The molecule has 1 aliphatic rings. The SMILES string of the molecule is Cc1nc(Cc2nc(C3CCCCCN3)no2)cs1.Cl. The Labute approximate surface area is 128 Å². The third-order valence-electron chi connectivity index (χ3n) is 3.35. The highest BCUT2D eigenvalue weighted by atomic mass is 35.5. The zero-order valence-electron chi connectivity index (χ0n) is 11.5. The van der Waals surface area contributed by atoms with Gasteiger partial charge in [-0.05, 0) is 26.3 Å². The first-order valence-electron chi connectivity index (χ1n) is 6.78. The first kappa shape index (κ1) is 15.4. The van der Waals surface area contributed by atoms with Crippen molar-refractivity contribution in [2.75, 3.05) is 6.54 Å². The Morgan fingerprint density at radius 2 is 2.25 bits per heavy atom. The number of hydrogen-bond acceptors (Lipinski definition) is 6. The maximum atomic E-state index is 5.34. The Balaban J connectivity index is 0.00000147. The molecule has 20 heavy (non-hydrogen) atoms. The first-order valence-corrected chi connectivity index (χ1v) is 7.66. The summed E-state index contributed by atoms with van der Waals surface area (Å²) in [6, 6.07) is 0.247. The monoisotopic (exact) mass is 314 g/mol. The minimum atomic E-state index is 0. The number of rotatable bonds is 3. The van der Waals surface area contributed by atoms with Crippen LogP contribution < -0.4 is 5.32 Å². The molecule has 2 aromatic heterocycles. The van der Waals surface area contributed by atoms with Gasteiger partial charge in [0.1, 0.15) is 0 Å². The zero-order chi connectivity index (χ0) is 13.1. The highest BCUT2D eigenvalue weighted by molar-refractivity contribution is 7.09. The van der Waals surface area contributed by atoms with Gasteiger partial charge in [-0.1, -0.05) is 18.0 Å². The van der Waals surface area contributed by atoms with Crippen molar-refractivity contribution in [1.29, 1.82) is 0 Å². The van der Waals surface area contributed by atoms with Crippen LogP contribution in [0, 0.1) is 6.92 Å². The van der Waals surface area contributed by atoms with Gasteiger partial charge >= 0.3 is 0 Å². The van der Waals surface area contributed by atoms with Crippen LogP contribution in [0.25, 0.3) is 0 Å². The second kappa shape index (κ2) is 7.15. The highest BCUT2D eigenvalue weighted by Crippen LogP contribution is 2.21. The highest BCUT2D eigenvalue weighted by Gasteiger charge is 2.19. The molecular weight excluding hydrogens is 296 g/mol. The molecule has 0 aromatic carbocycles. The van der Waals surface area contributed by atoms with E-state index in [4.69, 9.17) is 4.52 Å². The average Bonchev–Trinajstić information content (AvgIpc) is 2.92. The summed E-state index contributed by atoms with van der Waals surface area (Å²) < 4.78 is 5.34. The summed E-state index contributed by atoms with van der Waals surface area (Å²) in [4.78, 5) is 8.92. The van der Waals surface area contributed by atoms with Crippen LogP contribution in [0.4, 0.5) is 0 Å². The molecule has 1 unspecified atom stereocenters. The predicted octanol–water partition coefficient (Wildman–Crippen LogP) is 3.05. The van der Waals surface area contributed by atoms with Crippen LogP contribution in [0.2, 0.25) is 0 Å². The van der Waals surface area contributed by atoms with E-state index in [2.05, 4.69) is 20.4 Å². The lowest BCUT2D eigenvalue weighted by molar-refractivity contribution is 0.368. The van der Waals surface area contributed by atoms with E-state index in [1.165, 1.54) is 19.3 Å². The fraction of sp³-hybridized carbons (Fsp3) is 0.615. The Morgan fingerprint density at radius 3 is 3.05 bits per heavy atom. The van der Waals surface area contributed by atoms with Crippen molar-refractivity contribution in [1.82, 2.24) is 20.4 Å². The van der Waals surface area contributed by atoms with Crippen LogP contribution >= 0.6 is 23.7 Å². The largest absolute Gasteiger partial charge is 0.339 e. The Kier molecular flexibility index (Phi) is 5.51. The third-order valence-corrected chi connectivity index (χ3v) is 4.18. The molecule has 0 saturated carbocycles. The first-order chi connectivity index (χ1) is 9.31. The molecule has 0 bridgehead atoms. The second-order valence-corrected chi connectivity index (χ2v) is 6.00. The standard InChI is InChI=1S/C13H18N4OS.ClH/c1-9-15-10(8-19-9)7-12-16-13(17-18-12)11-5-3-2-4-6-14-11;/h8,11,14H,2-7H2,1H3;1H. The minimum Gasteiger partial charge on any atom is -0.339 e. The topological polar surface area (TPSA) is 63.8 Å². The third kappa shape index (κ3) is 3.77. The predicted molar refractivity (Wildman–Crippen MR) is 80.4 cm³/mol. The van der Waals surface area contributed by atoms with Crippen LogP contribution in [-0.4, -0.2) is 21.7 Å². The summed E-state index contributed by atoms with van der Waals surface area (Å²) in [6.07, 6.45) is 5.47. The molecule has 0 amide bonds. The fourth-order valence-electron chi connectivity index (χ4n) is 2.37. The van der Waals surface area contributed by atoms with Gasteiger partial charge in [0.25, 0.3) is 0 Å². The number of thiazole rings is 1. The maximum Gasteiger partial charge on any atom is 0.232 e. The minimum absolute atomic E-state index is 0. The summed E-state index contributed by atoms with van der Waals surface area (Å²) >= 11 is 1.65.